The van der Waals surface area contributed by atoms with Crippen LogP contribution in [0.3, 0.4) is 0 Å². The Morgan fingerprint density at radius 1 is 0.898 bits per heavy atom. The highest BCUT2D eigenvalue weighted by Gasteiger charge is 2.53. The van der Waals surface area contributed by atoms with Gasteiger partial charge in [0.05, 0.1) is 66.6 Å². The zero-order valence-electron chi connectivity index (χ0n) is 38.0. The van der Waals surface area contributed by atoms with E-state index in [4.69, 9.17) is 42.7 Å². The van der Waals surface area contributed by atoms with Gasteiger partial charge in [-0.15, -0.1) is 0 Å². The molecule has 0 aromatic heterocycles. The van der Waals surface area contributed by atoms with E-state index in [0.717, 1.165) is 0 Å². The van der Waals surface area contributed by atoms with Gasteiger partial charge in [0.2, 0.25) is 6.79 Å². The van der Waals surface area contributed by atoms with Crippen molar-refractivity contribution in [1.82, 2.24) is 4.90 Å². The topological polar surface area (TPSA) is 217 Å². The normalized spacial score (nSPS) is 45.3. The second kappa shape index (κ2) is 22.2. The number of nitrogens with zero attached hydrogens (tertiary/aromatic N) is 2. The Kier molecular flexibility index (Phi) is 19.4. The van der Waals surface area contributed by atoms with Crippen LogP contribution in [0.2, 0.25) is 0 Å². The first kappa shape index (κ1) is 51.8. The smallest absolute Gasteiger partial charge is 0.311 e. The maximum atomic E-state index is 14.4. The number of hydrogen-bond donors (Lipinski definition) is 5. The second-order valence-corrected chi connectivity index (χ2v) is 17.8. The predicted molar refractivity (Wildman–Crippen MR) is 217 cm³/mol. The molecule has 3 fully saturated rings. The van der Waals surface area contributed by atoms with Crippen molar-refractivity contribution in [1.29, 1.82) is 0 Å². The first-order valence-electron chi connectivity index (χ1n) is 21.3. The molecule has 0 unspecified atom stereocenters. The van der Waals surface area contributed by atoms with Crippen LogP contribution in [0.1, 0.15) is 102 Å². The summed E-state index contributed by atoms with van der Waals surface area (Å²) in [5.74, 6) is -4.14. The largest absolute Gasteiger partial charge is 0.459 e. The Balaban J connectivity index is 2.23. The third-order valence-corrected chi connectivity index (χ3v) is 13.0. The summed E-state index contributed by atoms with van der Waals surface area (Å²) in [6.07, 6.45) is -9.48. The molecule has 5 N–H and O–H groups in total. The molecule has 3 saturated heterocycles. The van der Waals surface area contributed by atoms with Crippen molar-refractivity contribution in [3.8, 4) is 0 Å². The Labute approximate surface area is 351 Å². The van der Waals surface area contributed by atoms with Crippen LogP contribution in [0, 0.1) is 23.7 Å². The predicted octanol–water partition coefficient (Wildman–Crippen LogP) is 2.60. The van der Waals surface area contributed by atoms with Crippen molar-refractivity contribution in [2.24, 2.45) is 28.8 Å². The number of likely N-dealkylation sites (N-methyl/N-ethyl adjacent to an activating group) is 1. The fourth-order valence-corrected chi connectivity index (χ4v) is 9.09. The molecule has 0 aromatic carbocycles. The fourth-order valence-electron chi connectivity index (χ4n) is 9.09. The minimum absolute atomic E-state index is 0.0295. The van der Waals surface area contributed by atoms with Crippen LogP contribution in [0.5, 0.6) is 0 Å². The van der Waals surface area contributed by atoms with E-state index in [2.05, 4.69) is 5.16 Å². The minimum Gasteiger partial charge on any atom is -0.459 e. The number of hydrogen-bond acceptors (Lipinski definition) is 17. The molecule has 0 radical (unpaired) electrons. The number of carbonyl (C=O) groups is 1. The average molecular weight is 851 g/mol. The van der Waals surface area contributed by atoms with Crippen molar-refractivity contribution >= 4 is 11.7 Å². The molecule has 3 aliphatic rings. The SMILES string of the molecule is CC[C@H]1OC(=O)[C@H](C)[C@@H](O[C@H]2C[C@@](C)(OC)[C@@H](O)[C@H](C)O2)[C@H](C)[C@@H](O[C@@H]2O[C@H](C)C[C@H](N(C)CC)[C@H]2O)[C@](C)(O)C[C@@H](C)/C(=N\OCOCCOC)[C@H](C)[C@@H](O)[C@]1(C)O. The third kappa shape index (κ3) is 12.5. The van der Waals surface area contributed by atoms with E-state index in [-0.39, 0.29) is 44.8 Å². The van der Waals surface area contributed by atoms with Gasteiger partial charge in [0.1, 0.15) is 23.9 Å². The molecule has 0 spiro atoms. The molecule has 3 rings (SSSR count). The molecule has 0 aromatic rings. The van der Waals surface area contributed by atoms with E-state index in [0.29, 0.717) is 25.3 Å². The summed E-state index contributed by atoms with van der Waals surface area (Å²) in [7, 11) is 4.96. The van der Waals surface area contributed by atoms with Crippen LogP contribution in [0.25, 0.3) is 0 Å². The van der Waals surface area contributed by atoms with Crippen LogP contribution in [-0.4, -0.2) is 174 Å². The van der Waals surface area contributed by atoms with Gasteiger partial charge in [-0.25, -0.2) is 0 Å². The summed E-state index contributed by atoms with van der Waals surface area (Å²) in [6, 6.07) is -0.314. The van der Waals surface area contributed by atoms with E-state index in [1.165, 1.54) is 14.0 Å². The maximum Gasteiger partial charge on any atom is 0.311 e. The van der Waals surface area contributed by atoms with Gasteiger partial charge < -0.3 is 73.2 Å². The van der Waals surface area contributed by atoms with Gasteiger partial charge in [0.25, 0.3) is 0 Å². The Hall–Kier alpha value is -1.58. The fraction of sp³-hybridized carbons (Fsp3) is 0.952. The van der Waals surface area contributed by atoms with E-state index in [1.807, 2.05) is 32.7 Å². The molecular weight excluding hydrogens is 772 g/mol. The van der Waals surface area contributed by atoms with Crippen molar-refractivity contribution in [2.45, 2.75) is 186 Å². The minimum atomic E-state index is -1.97. The number of aliphatic hydroxyl groups excluding tert-OH is 3. The maximum absolute atomic E-state index is 14.4. The number of ether oxygens (including phenoxy) is 8. The molecule has 18 atom stereocenters. The Morgan fingerprint density at radius 3 is 2.15 bits per heavy atom. The monoisotopic (exact) mass is 851 g/mol. The molecular formula is C42H78N2O15. The van der Waals surface area contributed by atoms with E-state index in [9.17, 15) is 30.3 Å². The van der Waals surface area contributed by atoms with Crippen LogP contribution in [0.15, 0.2) is 5.16 Å². The summed E-state index contributed by atoms with van der Waals surface area (Å²) in [5, 5.41) is 63.8. The summed E-state index contributed by atoms with van der Waals surface area (Å²) in [5.41, 5.74) is -4.49. The van der Waals surface area contributed by atoms with Gasteiger partial charge in [-0.2, -0.15) is 0 Å². The molecule has 59 heavy (non-hydrogen) atoms. The Morgan fingerprint density at radius 2 is 1.56 bits per heavy atom. The molecule has 0 bridgehead atoms. The van der Waals surface area contributed by atoms with Gasteiger partial charge in [0.15, 0.2) is 12.6 Å². The zero-order valence-corrected chi connectivity index (χ0v) is 38.0. The summed E-state index contributed by atoms with van der Waals surface area (Å²) in [6.45, 7) is 20.0. The van der Waals surface area contributed by atoms with Crippen molar-refractivity contribution in [3.63, 3.8) is 0 Å². The highest BCUT2D eigenvalue weighted by Crippen LogP contribution is 2.41. The van der Waals surface area contributed by atoms with E-state index in [1.54, 1.807) is 55.6 Å². The van der Waals surface area contributed by atoms with Crippen LogP contribution in [0.4, 0.5) is 0 Å². The van der Waals surface area contributed by atoms with Crippen molar-refractivity contribution in [2.75, 3.05) is 47.8 Å². The first-order valence-corrected chi connectivity index (χ1v) is 21.3. The summed E-state index contributed by atoms with van der Waals surface area (Å²) in [4.78, 5) is 22.0. The number of rotatable bonds is 14. The molecule has 3 heterocycles. The summed E-state index contributed by atoms with van der Waals surface area (Å²) < 4.78 is 48.3. The zero-order chi connectivity index (χ0) is 44.6. The lowest BCUT2D eigenvalue weighted by molar-refractivity contribution is -0.318. The highest BCUT2D eigenvalue weighted by molar-refractivity contribution is 5.88. The van der Waals surface area contributed by atoms with Gasteiger partial charge >= 0.3 is 5.97 Å². The standard InChI is InChI=1S/C42H78N2O15/c1-15-30-42(11,50)35(46)25(5)32(43-54-22-53-18-17-51-13)23(3)20-40(9,49)37(59-39-33(45)29(44(12)16-2)19-24(4)55-39)26(6)34(27(7)38(48)57-30)58-31-21-41(10,52-14)36(47)28(8)56-31/h23-31,33-37,39,45-47,49-50H,15-22H2,1-14H3/b43-32+/t23-,24-,25+,26+,27-,28+,29+,30-,31+,33-,34+,35-,36+,37-,39+,40-,41-,42-/m1/s1. The van der Waals surface area contributed by atoms with Crippen molar-refractivity contribution < 1.29 is 73.1 Å². The molecule has 0 aliphatic carbocycles. The Bertz CT molecular complexity index is 1320. The number of methoxy groups -OCH3 is 2. The number of esters is 1. The van der Waals surface area contributed by atoms with Gasteiger partial charge in [-0.1, -0.05) is 39.8 Å². The molecule has 17 heteroatoms. The molecule has 17 nitrogen and oxygen atoms in total. The quantitative estimate of drug-likeness (QED) is 0.0735. The van der Waals surface area contributed by atoms with Gasteiger partial charge in [0, 0.05) is 44.4 Å². The number of aliphatic hydroxyl groups is 5. The van der Waals surface area contributed by atoms with Crippen LogP contribution in [-0.2, 0) is 47.5 Å². The van der Waals surface area contributed by atoms with E-state index < -0.39 is 102 Å². The lowest BCUT2D eigenvalue weighted by Gasteiger charge is -2.49. The average Bonchev–Trinajstić information content (AvgIpc) is 3.18. The number of oxime groups is 1. The van der Waals surface area contributed by atoms with Gasteiger partial charge in [-0.05, 0) is 74.4 Å². The third-order valence-electron chi connectivity index (χ3n) is 13.0. The second-order valence-electron chi connectivity index (χ2n) is 17.8. The molecule has 0 saturated carbocycles. The summed E-state index contributed by atoms with van der Waals surface area (Å²) >= 11 is 0. The van der Waals surface area contributed by atoms with E-state index >= 15 is 0 Å². The molecule has 346 valence electrons. The molecule has 3 aliphatic heterocycles. The van der Waals surface area contributed by atoms with Crippen LogP contribution >= 0.6 is 0 Å². The number of carbonyl (C=O) groups excluding carboxylic acids is 1. The molecule has 0 amide bonds. The highest BCUT2D eigenvalue weighted by atomic mass is 16.7. The lowest BCUT2D eigenvalue weighted by Crippen LogP contribution is -2.61. The lowest BCUT2D eigenvalue weighted by atomic mass is 9.73. The first-order chi connectivity index (χ1) is 27.5. The van der Waals surface area contributed by atoms with Crippen molar-refractivity contribution in [3.05, 3.63) is 0 Å². The van der Waals surface area contributed by atoms with Crippen LogP contribution < -0.4 is 0 Å². The van der Waals surface area contributed by atoms with Gasteiger partial charge in [-0.3, -0.25) is 4.79 Å². The number of cyclic esters (lactones) is 1.